The van der Waals surface area contributed by atoms with Crippen molar-refractivity contribution in [2.45, 2.75) is 25.8 Å². The molecule has 0 amide bonds. The van der Waals surface area contributed by atoms with Gasteiger partial charge in [0.25, 0.3) is 0 Å². The summed E-state index contributed by atoms with van der Waals surface area (Å²) < 4.78 is 0. The molecule has 136 valence electrons. The Bertz CT molecular complexity index is 970. The smallest absolute Gasteiger partial charge is 0.144 e. The van der Waals surface area contributed by atoms with Crippen molar-refractivity contribution < 1.29 is 0 Å². The molecule has 1 heterocycles. The average Bonchev–Trinajstić information content (AvgIpc) is 3.03. The molecule has 0 aliphatic heterocycles. The van der Waals surface area contributed by atoms with Crippen LogP contribution in [0, 0.1) is 12.3 Å². The van der Waals surface area contributed by atoms with Gasteiger partial charge in [0.05, 0.1) is 0 Å². The molecule has 0 atom stereocenters. The summed E-state index contributed by atoms with van der Waals surface area (Å²) in [5.41, 5.74) is 12.0. The zero-order valence-electron chi connectivity index (χ0n) is 15.3. The van der Waals surface area contributed by atoms with E-state index in [0.717, 1.165) is 18.5 Å². The first-order valence-electron chi connectivity index (χ1n) is 9.10. The topological polar surface area (TPSA) is 86.8 Å². The van der Waals surface area contributed by atoms with E-state index in [0.29, 0.717) is 23.0 Å². The Kier molecular flexibility index (Phi) is 4.50. The molecule has 0 spiro atoms. The van der Waals surface area contributed by atoms with Crippen LogP contribution in [0.3, 0.4) is 0 Å². The summed E-state index contributed by atoms with van der Waals surface area (Å²) in [5.74, 6) is 0.934. The molecule has 5 N–H and O–H groups in total. The van der Waals surface area contributed by atoms with Gasteiger partial charge in [-0.1, -0.05) is 36.4 Å². The molecule has 27 heavy (non-hydrogen) atoms. The Morgan fingerprint density at radius 2 is 1.78 bits per heavy atom. The minimum absolute atomic E-state index is 0.214. The number of nitrogens with one attached hydrogen (secondary N) is 3. The van der Waals surface area contributed by atoms with Gasteiger partial charge >= 0.3 is 0 Å². The van der Waals surface area contributed by atoms with Crippen molar-refractivity contribution in [1.29, 1.82) is 5.41 Å². The molecule has 5 heteroatoms. The maximum atomic E-state index is 8.45. The van der Waals surface area contributed by atoms with Crippen LogP contribution in [0.4, 0.5) is 17.2 Å². The first-order chi connectivity index (χ1) is 13.1. The number of hydrogen-bond donors (Lipinski definition) is 4. The summed E-state index contributed by atoms with van der Waals surface area (Å²) in [6, 6.07) is 20.2. The van der Waals surface area contributed by atoms with Crippen molar-refractivity contribution in [1.82, 2.24) is 10.3 Å². The van der Waals surface area contributed by atoms with E-state index in [2.05, 4.69) is 39.9 Å². The first-order valence-corrected chi connectivity index (χ1v) is 9.10. The van der Waals surface area contributed by atoms with E-state index in [9.17, 15) is 0 Å². The van der Waals surface area contributed by atoms with Gasteiger partial charge in [0.15, 0.2) is 0 Å². The maximum absolute atomic E-state index is 8.45. The monoisotopic (exact) mass is 357 g/mol. The molecule has 1 aliphatic carbocycles. The van der Waals surface area contributed by atoms with E-state index in [1.165, 1.54) is 16.7 Å². The fraction of sp³-hybridized carbons (Fsp3) is 0.182. The minimum Gasteiger partial charge on any atom is -0.399 e. The molecule has 0 unspecified atom stereocenters. The summed E-state index contributed by atoms with van der Waals surface area (Å²) in [5, 5.41) is 15.0. The van der Waals surface area contributed by atoms with Gasteiger partial charge in [-0.25, -0.2) is 4.98 Å². The summed E-state index contributed by atoms with van der Waals surface area (Å²) in [6.45, 7) is 2.04. The molecule has 5 nitrogen and oxygen atoms in total. The number of nitrogen functional groups attached to an aromatic ring is 1. The predicted molar refractivity (Wildman–Crippen MR) is 111 cm³/mol. The summed E-state index contributed by atoms with van der Waals surface area (Å²) in [6.07, 6.45) is 1.85. The molecule has 4 rings (SSSR count). The van der Waals surface area contributed by atoms with Gasteiger partial charge in [-0.3, -0.25) is 5.41 Å². The van der Waals surface area contributed by atoms with Gasteiger partial charge in [0.1, 0.15) is 17.3 Å². The number of aromatic nitrogens is 1. The van der Waals surface area contributed by atoms with E-state index in [4.69, 9.17) is 11.1 Å². The second-order valence-electron chi connectivity index (χ2n) is 7.06. The molecule has 0 saturated carbocycles. The van der Waals surface area contributed by atoms with Crippen LogP contribution in [-0.4, -0.2) is 16.9 Å². The molecular weight excluding hydrogens is 334 g/mol. The lowest BCUT2D eigenvalue weighted by atomic mass is 10.1. The zero-order valence-corrected chi connectivity index (χ0v) is 15.3. The second-order valence-corrected chi connectivity index (χ2v) is 7.06. The highest BCUT2D eigenvalue weighted by molar-refractivity contribution is 5.96. The van der Waals surface area contributed by atoms with Crippen molar-refractivity contribution >= 4 is 23.0 Å². The highest BCUT2D eigenvalue weighted by atomic mass is 15.0. The number of nitrogens with two attached hydrogens (primary N) is 1. The molecule has 0 radical (unpaired) electrons. The van der Waals surface area contributed by atoms with Gasteiger partial charge in [0, 0.05) is 23.5 Å². The third kappa shape index (κ3) is 3.92. The van der Waals surface area contributed by atoms with Crippen LogP contribution in [0.15, 0.2) is 60.7 Å². The number of aryl methyl sites for hydroxylation is 1. The normalized spacial score (nSPS) is 13.2. The molecule has 0 fully saturated rings. The molecule has 1 aliphatic rings. The summed E-state index contributed by atoms with van der Waals surface area (Å²) in [7, 11) is 0. The molecule has 0 bridgehead atoms. The van der Waals surface area contributed by atoms with Gasteiger partial charge in [-0.05, 0) is 54.7 Å². The van der Waals surface area contributed by atoms with Crippen molar-refractivity contribution in [3.8, 4) is 0 Å². The molecular formula is C22H23N5. The summed E-state index contributed by atoms with van der Waals surface area (Å²) >= 11 is 0. The number of nitrogens with zero attached hydrogens (tertiary/aromatic N) is 1. The number of fused-ring (bicyclic) bond motifs is 1. The number of rotatable bonds is 4. The van der Waals surface area contributed by atoms with Crippen LogP contribution in [-0.2, 0) is 12.8 Å². The quantitative estimate of drug-likeness (QED) is 0.422. The maximum Gasteiger partial charge on any atom is 0.144 e. The highest BCUT2D eigenvalue weighted by Gasteiger charge is 2.22. The van der Waals surface area contributed by atoms with E-state index in [1.54, 1.807) is 12.1 Å². The van der Waals surface area contributed by atoms with Crippen molar-refractivity contribution in [3.63, 3.8) is 0 Å². The lowest BCUT2D eigenvalue weighted by Gasteiger charge is -2.15. The second kappa shape index (κ2) is 7.11. The van der Waals surface area contributed by atoms with Crippen molar-refractivity contribution in [2.75, 3.05) is 11.1 Å². The Morgan fingerprint density at radius 1 is 1.04 bits per heavy atom. The highest BCUT2D eigenvalue weighted by Crippen LogP contribution is 2.23. The van der Waals surface area contributed by atoms with Crippen LogP contribution in [0.25, 0.3) is 0 Å². The Morgan fingerprint density at radius 3 is 2.48 bits per heavy atom. The third-order valence-corrected chi connectivity index (χ3v) is 4.79. The van der Waals surface area contributed by atoms with Crippen molar-refractivity contribution in [3.05, 3.63) is 83.0 Å². The van der Waals surface area contributed by atoms with Gasteiger partial charge in [-0.15, -0.1) is 0 Å². The van der Waals surface area contributed by atoms with Crippen LogP contribution >= 0.6 is 0 Å². The molecule has 3 aromatic rings. The van der Waals surface area contributed by atoms with Crippen LogP contribution < -0.4 is 16.4 Å². The Balaban J connectivity index is 1.48. The number of anilines is 3. The first kappa shape index (κ1) is 17.1. The zero-order chi connectivity index (χ0) is 18.8. The number of amidine groups is 1. The Labute approximate surface area is 159 Å². The van der Waals surface area contributed by atoms with Crippen molar-refractivity contribution in [2.24, 2.45) is 0 Å². The van der Waals surface area contributed by atoms with Gasteiger partial charge in [0.2, 0.25) is 0 Å². The van der Waals surface area contributed by atoms with E-state index in [1.807, 2.05) is 31.2 Å². The van der Waals surface area contributed by atoms with Crippen LogP contribution in [0.2, 0.25) is 0 Å². The molecule has 2 aromatic carbocycles. The largest absolute Gasteiger partial charge is 0.399 e. The van der Waals surface area contributed by atoms with E-state index >= 15 is 0 Å². The van der Waals surface area contributed by atoms with Crippen LogP contribution in [0.1, 0.15) is 22.4 Å². The number of hydrogen-bond acceptors (Lipinski definition) is 4. The Hall–Kier alpha value is -3.34. The molecule has 0 saturated heterocycles. The number of benzene rings is 2. The number of pyridine rings is 1. The lowest BCUT2D eigenvalue weighted by molar-refractivity contribution is 0.641. The summed E-state index contributed by atoms with van der Waals surface area (Å²) in [4.78, 5) is 4.57. The third-order valence-electron chi connectivity index (χ3n) is 4.79. The SMILES string of the molecule is Cc1cccc(Nc2cc(N)cc(C(=N)NC3Cc4ccccc4C3)n2)c1. The van der Waals surface area contributed by atoms with Crippen LogP contribution in [0.5, 0.6) is 0 Å². The molecule has 1 aromatic heterocycles. The fourth-order valence-corrected chi connectivity index (χ4v) is 3.55. The predicted octanol–water partition coefficient (Wildman–Crippen LogP) is 3.80. The fourth-order valence-electron chi connectivity index (χ4n) is 3.55. The average molecular weight is 357 g/mol. The lowest BCUT2D eigenvalue weighted by Crippen LogP contribution is -2.35. The standard InChI is InChI=1S/C22H23N5/c1-14-5-4-8-18(9-14)25-21-13-17(23)12-20(27-21)22(24)26-19-10-15-6-2-3-7-16(15)11-19/h2-9,12-13,19H,10-11H2,1H3,(H2,24,26)(H3,23,25,27). The van der Waals surface area contributed by atoms with Gasteiger partial charge in [-0.2, -0.15) is 0 Å². The minimum atomic E-state index is 0.214. The van der Waals surface area contributed by atoms with Gasteiger partial charge < -0.3 is 16.4 Å². The van der Waals surface area contributed by atoms with E-state index in [-0.39, 0.29) is 6.04 Å². The van der Waals surface area contributed by atoms with E-state index < -0.39 is 0 Å².